The van der Waals surface area contributed by atoms with Crippen LogP contribution in [0.15, 0.2) is 87.9 Å². The van der Waals surface area contributed by atoms with Crippen LogP contribution in [-0.4, -0.2) is 31.8 Å². The van der Waals surface area contributed by atoms with E-state index in [0.29, 0.717) is 17.7 Å². The number of hydrogen-bond acceptors (Lipinski definition) is 5. The first-order valence-corrected chi connectivity index (χ1v) is 15.1. The molecular weight excluding hydrogens is 578 g/mol. The van der Waals surface area contributed by atoms with Crippen LogP contribution >= 0.6 is 15.9 Å². The van der Waals surface area contributed by atoms with E-state index < -0.39 is 10.0 Å². The molecule has 39 heavy (non-hydrogen) atoms. The third-order valence-corrected chi connectivity index (χ3v) is 7.77. The van der Waals surface area contributed by atoms with E-state index in [4.69, 9.17) is 9.66 Å². The van der Waals surface area contributed by atoms with Crippen LogP contribution in [0.5, 0.6) is 0 Å². The number of aromatic nitrogens is 1. The Morgan fingerprint density at radius 3 is 2.33 bits per heavy atom. The van der Waals surface area contributed by atoms with Crippen molar-refractivity contribution in [3.8, 4) is 11.3 Å². The van der Waals surface area contributed by atoms with Crippen LogP contribution < -0.4 is 10.5 Å². The van der Waals surface area contributed by atoms with Crippen LogP contribution in [0.2, 0.25) is 0 Å². The maximum atomic E-state index is 12.4. The summed E-state index contributed by atoms with van der Waals surface area (Å²) in [5.74, 6) is -0.0477. The number of benzene rings is 3. The van der Waals surface area contributed by atoms with Gasteiger partial charge < -0.3 is 9.84 Å². The van der Waals surface area contributed by atoms with Crippen LogP contribution in [0.3, 0.4) is 0 Å². The van der Waals surface area contributed by atoms with Gasteiger partial charge in [-0.3, -0.25) is 4.79 Å². The molecule has 3 aromatic carbocycles. The van der Waals surface area contributed by atoms with Crippen LogP contribution in [0.1, 0.15) is 59.4 Å². The second-order valence-corrected chi connectivity index (χ2v) is 13.2. The molecular formula is C30H32BrN3O4S. The summed E-state index contributed by atoms with van der Waals surface area (Å²) in [5, 5.41) is 12.0. The lowest BCUT2D eigenvalue weighted by molar-refractivity contribution is 0.0956. The van der Waals surface area contributed by atoms with Crippen molar-refractivity contribution in [2.45, 2.75) is 38.5 Å². The number of rotatable bonds is 9. The fourth-order valence-corrected chi connectivity index (χ4v) is 5.06. The van der Waals surface area contributed by atoms with Crippen LogP contribution in [0.25, 0.3) is 11.3 Å². The lowest BCUT2D eigenvalue weighted by Gasteiger charge is -2.21. The highest BCUT2D eigenvalue weighted by atomic mass is 79.9. The maximum Gasteiger partial charge on any atom is 0.251 e. The van der Waals surface area contributed by atoms with Gasteiger partial charge in [0.2, 0.25) is 10.0 Å². The van der Waals surface area contributed by atoms with Gasteiger partial charge in [0.15, 0.2) is 5.76 Å². The van der Waals surface area contributed by atoms with Crippen molar-refractivity contribution < 1.29 is 17.7 Å². The summed E-state index contributed by atoms with van der Waals surface area (Å²) in [6.45, 7) is 6.52. The predicted molar refractivity (Wildman–Crippen MR) is 157 cm³/mol. The predicted octanol–water partition coefficient (Wildman–Crippen LogP) is 5.79. The first-order chi connectivity index (χ1) is 18.4. The zero-order valence-electron chi connectivity index (χ0n) is 22.1. The normalized spacial score (nSPS) is 12.7. The molecule has 9 heteroatoms. The van der Waals surface area contributed by atoms with E-state index in [1.54, 1.807) is 12.1 Å². The first-order valence-electron chi connectivity index (χ1n) is 12.6. The number of carbonyl (C=O) groups excluding carboxylic acids is 1. The molecule has 3 N–H and O–H groups in total. The molecule has 0 saturated carbocycles. The molecule has 1 atom stereocenters. The molecule has 0 spiro atoms. The molecule has 0 aliphatic rings. The standard InChI is InChI=1S/C30H32BrN3O4S/c1-30(2,3)24-13-11-21(12-14-24)26(27-19-28(38-34-27)23-5-4-6-25(31)18-23)17-20-7-9-22(10-8-20)29(35)33-15-16-39(32,36)37/h4-14,18-19,26H,15-17H2,1-3H3,(H,33,35)(H2,32,36,37). The van der Waals surface area contributed by atoms with Crippen LogP contribution in [0, 0.1) is 0 Å². The number of hydrogen-bond donors (Lipinski definition) is 2. The van der Waals surface area contributed by atoms with Gasteiger partial charge in [0, 0.05) is 34.1 Å². The number of halogens is 1. The van der Waals surface area contributed by atoms with Crippen molar-refractivity contribution in [3.05, 3.63) is 111 Å². The molecule has 0 aliphatic carbocycles. The SMILES string of the molecule is CC(C)(C)c1ccc(C(Cc2ccc(C(=O)NCCS(N)(=O)=O)cc2)c2cc(-c3cccc(Br)c3)on2)cc1. The minimum absolute atomic E-state index is 0.0422. The Kier molecular flexibility index (Phi) is 8.73. The van der Waals surface area contributed by atoms with E-state index in [1.165, 1.54) is 5.56 Å². The number of amides is 1. The lowest BCUT2D eigenvalue weighted by atomic mass is 9.83. The van der Waals surface area contributed by atoms with E-state index in [2.05, 4.69) is 71.4 Å². The van der Waals surface area contributed by atoms with E-state index in [9.17, 15) is 13.2 Å². The van der Waals surface area contributed by atoms with Crippen LogP contribution in [0.4, 0.5) is 0 Å². The number of primary sulfonamides is 1. The molecule has 7 nitrogen and oxygen atoms in total. The minimum Gasteiger partial charge on any atom is -0.356 e. The Morgan fingerprint density at radius 1 is 1.03 bits per heavy atom. The van der Waals surface area contributed by atoms with Gasteiger partial charge in [0.25, 0.3) is 5.91 Å². The number of carbonyl (C=O) groups is 1. The van der Waals surface area contributed by atoms with E-state index >= 15 is 0 Å². The van der Waals surface area contributed by atoms with E-state index in [-0.39, 0.29) is 29.5 Å². The molecule has 0 saturated heterocycles. The van der Waals surface area contributed by atoms with Crippen molar-refractivity contribution in [2.24, 2.45) is 5.14 Å². The molecule has 0 radical (unpaired) electrons. The minimum atomic E-state index is -3.63. The average Bonchev–Trinajstić information content (AvgIpc) is 3.36. The second-order valence-electron chi connectivity index (χ2n) is 10.6. The zero-order valence-corrected chi connectivity index (χ0v) is 24.6. The summed E-state index contributed by atoms with van der Waals surface area (Å²) in [7, 11) is -3.63. The van der Waals surface area contributed by atoms with Gasteiger partial charge in [-0.1, -0.05) is 90.4 Å². The zero-order chi connectivity index (χ0) is 28.2. The molecule has 0 aliphatic heterocycles. The number of sulfonamides is 1. The Labute approximate surface area is 238 Å². The fourth-order valence-electron chi connectivity index (χ4n) is 4.28. The molecule has 1 aromatic heterocycles. The smallest absolute Gasteiger partial charge is 0.251 e. The number of nitrogens with zero attached hydrogens (tertiary/aromatic N) is 1. The van der Waals surface area contributed by atoms with Crippen molar-refractivity contribution in [2.75, 3.05) is 12.3 Å². The summed E-state index contributed by atoms with van der Waals surface area (Å²) in [6, 6.07) is 25.8. The Bertz CT molecular complexity index is 1540. The molecule has 4 rings (SSSR count). The first kappa shape index (κ1) is 28.7. The summed E-state index contributed by atoms with van der Waals surface area (Å²) in [4.78, 5) is 12.4. The van der Waals surface area contributed by atoms with Gasteiger partial charge >= 0.3 is 0 Å². The molecule has 0 bridgehead atoms. The number of nitrogens with one attached hydrogen (secondary N) is 1. The monoisotopic (exact) mass is 609 g/mol. The van der Waals surface area contributed by atoms with Gasteiger partial charge in [-0.05, 0) is 52.8 Å². The molecule has 4 aromatic rings. The molecule has 204 valence electrons. The average molecular weight is 611 g/mol. The van der Waals surface area contributed by atoms with Crippen LogP contribution in [-0.2, 0) is 21.9 Å². The molecule has 1 unspecified atom stereocenters. The summed E-state index contributed by atoms with van der Waals surface area (Å²) < 4.78 is 28.9. The molecule has 0 fully saturated rings. The Morgan fingerprint density at radius 2 is 1.72 bits per heavy atom. The summed E-state index contributed by atoms with van der Waals surface area (Å²) >= 11 is 3.51. The highest BCUT2D eigenvalue weighted by molar-refractivity contribution is 9.10. The Hall–Kier alpha value is -3.27. The molecule has 1 heterocycles. The lowest BCUT2D eigenvalue weighted by Crippen LogP contribution is -2.31. The molecule has 1 amide bonds. The van der Waals surface area contributed by atoms with E-state index in [0.717, 1.165) is 26.9 Å². The fraction of sp³-hybridized carbons (Fsp3) is 0.267. The van der Waals surface area contributed by atoms with Gasteiger partial charge in [-0.25, -0.2) is 13.6 Å². The highest BCUT2D eigenvalue weighted by Gasteiger charge is 2.22. The van der Waals surface area contributed by atoms with Crippen molar-refractivity contribution in [1.82, 2.24) is 10.5 Å². The Balaban J connectivity index is 1.59. The van der Waals surface area contributed by atoms with Gasteiger partial charge in [-0.15, -0.1) is 0 Å². The quantitative estimate of drug-likeness (QED) is 0.249. The second kappa shape index (κ2) is 11.9. The van der Waals surface area contributed by atoms with Crippen molar-refractivity contribution in [1.29, 1.82) is 0 Å². The van der Waals surface area contributed by atoms with E-state index in [1.807, 2.05) is 42.5 Å². The van der Waals surface area contributed by atoms with Gasteiger partial charge in [-0.2, -0.15) is 0 Å². The topological polar surface area (TPSA) is 115 Å². The van der Waals surface area contributed by atoms with Crippen molar-refractivity contribution >= 4 is 31.9 Å². The summed E-state index contributed by atoms with van der Waals surface area (Å²) in [5.41, 5.74) is 5.62. The highest BCUT2D eigenvalue weighted by Crippen LogP contribution is 2.33. The number of nitrogens with two attached hydrogens (primary N) is 1. The third kappa shape index (κ3) is 7.88. The largest absolute Gasteiger partial charge is 0.356 e. The van der Waals surface area contributed by atoms with Gasteiger partial charge in [0.05, 0.1) is 11.4 Å². The van der Waals surface area contributed by atoms with Gasteiger partial charge in [0.1, 0.15) is 0 Å². The van der Waals surface area contributed by atoms with Crippen molar-refractivity contribution in [3.63, 3.8) is 0 Å². The summed E-state index contributed by atoms with van der Waals surface area (Å²) in [6.07, 6.45) is 0.645. The third-order valence-electron chi connectivity index (χ3n) is 6.50. The maximum absolute atomic E-state index is 12.4.